The molecule has 1 fully saturated rings. The summed E-state index contributed by atoms with van der Waals surface area (Å²) in [6.07, 6.45) is 4.56. The van der Waals surface area contributed by atoms with Gasteiger partial charge in [0.1, 0.15) is 0 Å². The molecule has 4 atom stereocenters. The van der Waals surface area contributed by atoms with E-state index < -0.39 is 0 Å². The van der Waals surface area contributed by atoms with Gasteiger partial charge in [0.2, 0.25) is 0 Å². The monoisotopic (exact) mass is 259 g/mol. The molecule has 0 aromatic heterocycles. The van der Waals surface area contributed by atoms with E-state index in [0.717, 1.165) is 18.8 Å². The van der Waals surface area contributed by atoms with Gasteiger partial charge in [-0.25, -0.2) is 0 Å². The average Bonchev–Trinajstić information content (AvgIpc) is 2.20. The van der Waals surface area contributed by atoms with Crippen molar-refractivity contribution in [2.24, 2.45) is 17.1 Å². The molecule has 0 aromatic rings. The molecule has 1 rings (SSSR count). The molecule has 0 heterocycles. The number of nitrogens with two attached hydrogens (primary N) is 1. The molecule has 0 saturated heterocycles. The SMILES string of the molecule is CC(CCO)SC1CC(C(C)(C)C)CCC1N. The van der Waals surface area contributed by atoms with Crippen molar-refractivity contribution in [3.05, 3.63) is 0 Å². The van der Waals surface area contributed by atoms with Crippen molar-refractivity contribution in [1.82, 2.24) is 0 Å². The number of aliphatic hydroxyl groups excluding tert-OH is 1. The predicted molar refractivity (Wildman–Crippen MR) is 77.3 cm³/mol. The number of rotatable bonds is 4. The molecule has 1 aliphatic carbocycles. The lowest BCUT2D eigenvalue weighted by atomic mass is 9.71. The van der Waals surface area contributed by atoms with Gasteiger partial charge in [-0.1, -0.05) is 27.7 Å². The maximum Gasteiger partial charge on any atom is 0.0441 e. The number of aliphatic hydroxyl groups is 1. The third-order valence-corrected chi connectivity index (χ3v) is 5.60. The van der Waals surface area contributed by atoms with E-state index in [1.807, 2.05) is 11.8 Å². The topological polar surface area (TPSA) is 46.2 Å². The second-order valence-electron chi connectivity index (χ2n) is 6.54. The maximum absolute atomic E-state index is 8.97. The maximum atomic E-state index is 8.97. The van der Waals surface area contributed by atoms with E-state index in [4.69, 9.17) is 10.8 Å². The summed E-state index contributed by atoms with van der Waals surface area (Å²) >= 11 is 1.99. The summed E-state index contributed by atoms with van der Waals surface area (Å²) in [6.45, 7) is 9.52. The molecule has 17 heavy (non-hydrogen) atoms. The first-order valence-electron chi connectivity index (χ1n) is 6.86. The summed E-state index contributed by atoms with van der Waals surface area (Å²) in [6, 6.07) is 0.347. The molecule has 2 nitrogen and oxygen atoms in total. The van der Waals surface area contributed by atoms with Gasteiger partial charge in [-0.15, -0.1) is 0 Å². The van der Waals surface area contributed by atoms with Gasteiger partial charge in [-0.05, 0) is 37.0 Å². The molecule has 0 aliphatic heterocycles. The Balaban J connectivity index is 2.52. The van der Waals surface area contributed by atoms with Gasteiger partial charge in [0, 0.05) is 23.1 Å². The molecule has 3 N–H and O–H groups in total. The van der Waals surface area contributed by atoms with Gasteiger partial charge in [0.15, 0.2) is 0 Å². The molecule has 102 valence electrons. The van der Waals surface area contributed by atoms with Crippen LogP contribution in [0.15, 0.2) is 0 Å². The summed E-state index contributed by atoms with van der Waals surface area (Å²) < 4.78 is 0. The van der Waals surface area contributed by atoms with Crippen molar-refractivity contribution in [2.75, 3.05) is 6.61 Å². The standard InChI is InChI=1S/C14H29NOS/c1-10(7-8-16)17-13-9-11(14(2,3)4)5-6-12(13)15/h10-13,16H,5-9,15H2,1-4H3. The minimum atomic E-state index is 0.291. The van der Waals surface area contributed by atoms with E-state index in [9.17, 15) is 0 Å². The fourth-order valence-electron chi connectivity index (χ4n) is 2.64. The molecule has 0 radical (unpaired) electrons. The van der Waals surface area contributed by atoms with Crippen LogP contribution in [0, 0.1) is 11.3 Å². The van der Waals surface area contributed by atoms with Crippen LogP contribution in [0.1, 0.15) is 53.4 Å². The highest BCUT2D eigenvalue weighted by atomic mass is 32.2. The van der Waals surface area contributed by atoms with Crippen molar-refractivity contribution in [3.63, 3.8) is 0 Å². The highest BCUT2D eigenvalue weighted by Gasteiger charge is 2.35. The summed E-state index contributed by atoms with van der Waals surface area (Å²) in [4.78, 5) is 0. The van der Waals surface area contributed by atoms with Crippen LogP contribution in [-0.4, -0.2) is 28.3 Å². The van der Waals surface area contributed by atoms with E-state index >= 15 is 0 Å². The third-order valence-electron chi connectivity index (χ3n) is 4.01. The van der Waals surface area contributed by atoms with Crippen LogP contribution >= 0.6 is 11.8 Å². The zero-order valence-corrected chi connectivity index (χ0v) is 12.6. The van der Waals surface area contributed by atoms with E-state index in [1.165, 1.54) is 12.8 Å². The van der Waals surface area contributed by atoms with E-state index in [2.05, 4.69) is 27.7 Å². The molecule has 0 bridgehead atoms. The van der Waals surface area contributed by atoms with Crippen LogP contribution in [0.3, 0.4) is 0 Å². The second kappa shape index (κ2) is 6.44. The summed E-state index contributed by atoms with van der Waals surface area (Å²) in [5, 5.41) is 10.1. The van der Waals surface area contributed by atoms with Gasteiger partial charge >= 0.3 is 0 Å². The Morgan fingerprint density at radius 3 is 2.53 bits per heavy atom. The zero-order valence-electron chi connectivity index (χ0n) is 11.8. The molecule has 3 heteroatoms. The van der Waals surface area contributed by atoms with Crippen molar-refractivity contribution < 1.29 is 5.11 Å². The molecular formula is C14H29NOS. The van der Waals surface area contributed by atoms with Gasteiger partial charge in [0.25, 0.3) is 0 Å². The Hall–Kier alpha value is 0.270. The number of hydrogen-bond donors (Lipinski definition) is 2. The first-order valence-corrected chi connectivity index (χ1v) is 7.80. The first-order chi connectivity index (χ1) is 7.84. The van der Waals surface area contributed by atoms with Gasteiger partial charge in [-0.2, -0.15) is 11.8 Å². The Bertz CT molecular complexity index is 227. The highest BCUT2D eigenvalue weighted by molar-refractivity contribution is 8.00. The first kappa shape index (κ1) is 15.3. The summed E-state index contributed by atoms with van der Waals surface area (Å²) in [5.74, 6) is 0.793. The Morgan fingerprint density at radius 1 is 1.35 bits per heavy atom. The summed E-state index contributed by atoms with van der Waals surface area (Å²) in [5.41, 5.74) is 6.65. The van der Waals surface area contributed by atoms with Crippen molar-refractivity contribution >= 4 is 11.8 Å². The fraction of sp³-hybridized carbons (Fsp3) is 1.00. The van der Waals surface area contributed by atoms with Crippen LogP contribution in [-0.2, 0) is 0 Å². The Morgan fingerprint density at radius 2 is 2.00 bits per heavy atom. The van der Waals surface area contributed by atoms with Crippen LogP contribution in [0.2, 0.25) is 0 Å². The van der Waals surface area contributed by atoms with Gasteiger partial charge in [0.05, 0.1) is 0 Å². The van der Waals surface area contributed by atoms with Crippen LogP contribution in [0.5, 0.6) is 0 Å². The van der Waals surface area contributed by atoms with E-state index in [-0.39, 0.29) is 0 Å². The number of hydrogen-bond acceptors (Lipinski definition) is 3. The van der Waals surface area contributed by atoms with Crippen LogP contribution in [0.4, 0.5) is 0 Å². The Kier molecular flexibility index (Phi) is 5.81. The van der Waals surface area contributed by atoms with Crippen molar-refractivity contribution in [3.8, 4) is 0 Å². The molecule has 0 aromatic carbocycles. The lowest BCUT2D eigenvalue weighted by molar-refractivity contribution is 0.174. The lowest BCUT2D eigenvalue weighted by Gasteiger charge is -2.41. The normalized spacial score (nSPS) is 32.5. The lowest BCUT2D eigenvalue weighted by Crippen LogP contribution is -2.42. The smallest absolute Gasteiger partial charge is 0.0441 e. The summed E-state index contributed by atoms with van der Waals surface area (Å²) in [7, 11) is 0. The third kappa shape index (κ3) is 4.80. The van der Waals surface area contributed by atoms with E-state index in [0.29, 0.717) is 28.6 Å². The average molecular weight is 259 g/mol. The fourth-order valence-corrected chi connectivity index (χ4v) is 4.16. The molecular weight excluding hydrogens is 230 g/mol. The Labute approximate surface area is 111 Å². The highest BCUT2D eigenvalue weighted by Crippen LogP contribution is 2.42. The minimum absolute atomic E-state index is 0.291. The van der Waals surface area contributed by atoms with Crippen LogP contribution in [0.25, 0.3) is 0 Å². The molecule has 1 saturated carbocycles. The van der Waals surface area contributed by atoms with E-state index in [1.54, 1.807) is 0 Å². The second-order valence-corrected chi connectivity index (χ2v) is 8.22. The predicted octanol–water partition coefficient (Wildman–Crippen LogP) is 3.03. The van der Waals surface area contributed by atoms with Gasteiger partial charge < -0.3 is 10.8 Å². The minimum Gasteiger partial charge on any atom is -0.396 e. The van der Waals surface area contributed by atoms with Crippen molar-refractivity contribution in [2.45, 2.75) is 69.9 Å². The largest absolute Gasteiger partial charge is 0.396 e. The molecule has 1 aliphatic rings. The van der Waals surface area contributed by atoms with Gasteiger partial charge in [-0.3, -0.25) is 0 Å². The quantitative estimate of drug-likeness (QED) is 0.816. The van der Waals surface area contributed by atoms with Crippen LogP contribution < -0.4 is 5.73 Å². The number of thioether (sulfide) groups is 1. The molecule has 4 unspecified atom stereocenters. The zero-order chi connectivity index (χ0) is 13.1. The molecule has 0 amide bonds. The van der Waals surface area contributed by atoms with Crippen molar-refractivity contribution in [1.29, 1.82) is 0 Å². The molecule has 0 spiro atoms.